The van der Waals surface area contributed by atoms with Crippen LogP contribution in [0.5, 0.6) is 11.5 Å². The van der Waals surface area contributed by atoms with Gasteiger partial charge >= 0.3 is 0 Å². The zero-order valence-corrected chi connectivity index (χ0v) is 32.8. The molecule has 0 unspecified atom stereocenters. The van der Waals surface area contributed by atoms with Crippen molar-refractivity contribution < 1.29 is 4.74 Å². The summed E-state index contributed by atoms with van der Waals surface area (Å²) in [7, 11) is 0. The van der Waals surface area contributed by atoms with E-state index in [4.69, 9.17) is 4.74 Å². The molecule has 0 saturated carbocycles. The summed E-state index contributed by atoms with van der Waals surface area (Å²) in [4.78, 5) is 2.46. The van der Waals surface area contributed by atoms with E-state index in [1.165, 1.54) is 66.8 Å². The quantitative estimate of drug-likeness (QED) is 0.175. The Hall–Kier alpha value is -6.64. The molecule has 0 spiro atoms. The van der Waals surface area contributed by atoms with Crippen molar-refractivity contribution in [2.45, 2.75) is 43.9 Å². The molecule has 0 aromatic heterocycles. The van der Waals surface area contributed by atoms with Crippen molar-refractivity contribution in [2.75, 3.05) is 4.90 Å². The van der Waals surface area contributed by atoms with Crippen molar-refractivity contribution in [1.82, 2.24) is 0 Å². The van der Waals surface area contributed by atoms with Crippen LogP contribution in [0.3, 0.4) is 0 Å². The summed E-state index contributed by atoms with van der Waals surface area (Å²) in [5, 5.41) is 0. The molecule has 2 aliphatic carbocycles. The van der Waals surface area contributed by atoms with Crippen LogP contribution in [0, 0.1) is 0 Å². The van der Waals surface area contributed by atoms with E-state index in [9.17, 15) is 0 Å². The predicted octanol–water partition coefficient (Wildman–Crippen LogP) is 14.3. The first-order chi connectivity index (χ1) is 27.8. The van der Waals surface area contributed by atoms with Crippen LogP contribution < -0.4 is 9.64 Å². The van der Waals surface area contributed by atoms with E-state index in [0.29, 0.717) is 0 Å². The summed E-state index contributed by atoms with van der Waals surface area (Å²) >= 11 is 0. The third-order valence-electron chi connectivity index (χ3n) is 13.2. The third kappa shape index (κ3) is 4.71. The lowest BCUT2D eigenvalue weighted by molar-refractivity contribution is 0.418. The van der Waals surface area contributed by atoms with Gasteiger partial charge in [-0.25, -0.2) is 0 Å². The Balaban J connectivity index is 1.16. The Morgan fingerprint density at radius 2 is 0.807 bits per heavy atom. The Labute approximate surface area is 335 Å². The summed E-state index contributed by atoms with van der Waals surface area (Å²) in [6, 6.07) is 69.5. The van der Waals surface area contributed by atoms with Gasteiger partial charge in [0, 0.05) is 39.0 Å². The lowest BCUT2D eigenvalue weighted by Crippen LogP contribution is -2.29. The van der Waals surface area contributed by atoms with Gasteiger partial charge in [-0.15, -0.1) is 0 Å². The number of rotatable bonds is 5. The highest BCUT2D eigenvalue weighted by molar-refractivity contribution is 5.89. The standard InChI is InChI=1S/C55H43NO/c1-53(2)45-24-11-8-21-41(45)44-31-29-39(34-49(44)53)56(40-30-32-52-50(35-40)54(3,4)48-27-14-15-28-51(48)57-52)38-20-16-19-37(33-38)55(36-17-6-5-7-18-36)46-25-12-9-22-42(46)43-23-10-13-26-47(43)55/h5-35H,1-4H3. The van der Waals surface area contributed by atoms with E-state index in [2.05, 4.69) is 221 Å². The van der Waals surface area contributed by atoms with Crippen LogP contribution in [0.1, 0.15) is 72.2 Å². The van der Waals surface area contributed by atoms with Crippen LogP contribution in [-0.2, 0) is 16.2 Å². The summed E-state index contributed by atoms with van der Waals surface area (Å²) in [5.74, 6) is 1.83. The van der Waals surface area contributed by atoms with Crippen LogP contribution in [0.2, 0.25) is 0 Å². The van der Waals surface area contributed by atoms with Crippen LogP contribution >= 0.6 is 0 Å². The molecule has 11 rings (SSSR count). The zero-order chi connectivity index (χ0) is 38.5. The molecule has 57 heavy (non-hydrogen) atoms. The molecule has 0 N–H and O–H groups in total. The molecule has 8 aromatic carbocycles. The first kappa shape index (κ1) is 33.7. The Bertz CT molecular complexity index is 2850. The molecular weight excluding hydrogens is 691 g/mol. The average molecular weight is 734 g/mol. The maximum atomic E-state index is 6.58. The molecule has 8 aromatic rings. The lowest BCUT2D eigenvalue weighted by atomic mass is 9.67. The largest absolute Gasteiger partial charge is 0.457 e. The summed E-state index contributed by atoms with van der Waals surface area (Å²) in [6.45, 7) is 9.35. The van der Waals surface area contributed by atoms with E-state index in [1.54, 1.807) is 0 Å². The van der Waals surface area contributed by atoms with Gasteiger partial charge in [0.15, 0.2) is 0 Å². The minimum atomic E-state index is -0.507. The number of benzene rings is 8. The van der Waals surface area contributed by atoms with Crippen LogP contribution in [-0.4, -0.2) is 0 Å². The van der Waals surface area contributed by atoms with Crippen molar-refractivity contribution in [3.05, 3.63) is 233 Å². The Morgan fingerprint density at radius 1 is 0.333 bits per heavy atom. The van der Waals surface area contributed by atoms with Crippen molar-refractivity contribution in [1.29, 1.82) is 0 Å². The molecule has 0 bridgehead atoms. The van der Waals surface area contributed by atoms with Crippen molar-refractivity contribution in [2.24, 2.45) is 0 Å². The second-order valence-electron chi connectivity index (χ2n) is 16.9. The lowest BCUT2D eigenvalue weighted by Gasteiger charge is -2.37. The van der Waals surface area contributed by atoms with Gasteiger partial charge in [0.25, 0.3) is 0 Å². The number of nitrogens with zero attached hydrogens (tertiary/aromatic N) is 1. The van der Waals surface area contributed by atoms with Crippen molar-refractivity contribution in [3.63, 3.8) is 0 Å². The fourth-order valence-electron chi connectivity index (χ4n) is 10.4. The highest BCUT2D eigenvalue weighted by atomic mass is 16.5. The van der Waals surface area contributed by atoms with Crippen LogP contribution in [0.25, 0.3) is 22.3 Å². The number of hydrogen-bond acceptors (Lipinski definition) is 2. The summed E-state index contributed by atoms with van der Waals surface area (Å²) in [6.07, 6.45) is 0. The van der Waals surface area contributed by atoms with Crippen LogP contribution in [0.4, 0.5) is 17.1 Å². The van der Waals surface area contributed by atoms with Gasteiger partial charge in [-0.05, 0) is 104 Å². The third-order valence-corrected chi connectivity index (χ3v) is 13.2. The number of ether oxygens (including phenoxy) is 1. The van der Waals surface area contributed by atoms with Gasteiger partial charge in [-0.1, -0.05) is 167 Å². The maximum Gasteiger partial charge on any atom is 0.131 e. The van der Waals surface area contributed by atoms with Crippen LogP contribution in [0.15, 0.2) is 188 Å². The minimum absolute atomic E-state index is 0.139. The minimum Gasteiger partial charge on any atom is -0.457 e. The topological polar surface area (TPSA) is 12.5 Å². The van der Waals surface area contributed by atoms with E-state index < -0.39 is 5.41 Å². The summed E-state index contributed by atoms with van der Waals surface area (Å²) in [5.41, 5.74) is 17.8. The van der Waals surface area contributed by atoms with Gasteiger partial charge in [0.05, 0.1) is 5.41 Å². The average Bonchev–Trinajstić information content (AvgIpc) is 3.67. The fraction of sp³-hybridized carbons (Fsp3) is 0.127. The first-order valence-electron chi connectivity index (χ1n) is 20.1. The van der Waals surface area contributed by atoms with E-state index >= 15 is 0 Å². The monoisotopic (exact) mass is 733 g/mol. The molecule has 0 atom stereocenters. The number of hydrogen-bond donors (Lipinski definition) is 0. The van der Waals surface area contributed by atoms with Crippen molar-refractivity contribution >= 4 is 17.1 Å². The van der Waals surface area contributed by atoms with Gasteiger partial charge in [-0.2, -0.15) is 0 Å². The molecule has 2 heteroatoms. The zero-order valence-electron chi connectivity index (χ0n) is 32.8. The molecule has 274 valence electrons. The van der Waals surface area contributed by atoms with Gasteiger partial charge < -0.3 is 9.64 Å². The van der Waals surface area contributed by atoms with Crippen molar-refractivity contribution in [3.8, 4) is 33.8 Å². The number of fused-ring (bicyclic) bond motifs is 8. The molecule has 0 fully saturated rings. The molecular formula is C55H43NO. The second kappa shape index (κ2) is 12.2. The second-order valence-corrected chi connectivity index (χ2v) is 16.9. The fourth-order valence-corrected chi connectivity index (χ4v) is 10.4. The smallest absolute Gasteiger partial charge is 0.131 e. The van der Waals surface area contributed by atoms with Gasteiger partial charge in [0.1, 0.15) is 11.5 Å². The molecule has 3 aliphatic rings. The van der Waals surface area contributed by atoms with E-state index in [-0.39, 0.29) is 10.8 Å². The SMILES string of the molecule is CC1(C)c2ccccc2Oc2ccc(N(c3cccc(C4(c5ccccc5)c5ccccc5-c5ccccc54)c3)c3ccc4c(c3)C(C)(C)c3ccccc3-4)cc21. The molecule has 0 radical (unpaired) electrons. The first-order valence-corrected chi connectivity index (χ1v) is 20.1. The normalized spacial score (nSPS) is 15.6. The molecule has 0 amide bonds. The molecule has 0 saturated heterocycles. The molecule has 1 heterocycles. The Morgan fingerprint density at radius 3 is 1.51 bits per heavy atom. The molecule has 1 aliphatic heterocycles. The highest BCUT2D eigenvalue weighted by Crippen LogP contribution is 2.57. The molecule has 2 nitrogen and oxygen atoms in total. The Kier molecular flexibility index (Phi) is 7.20. The number of para-hydroxylation sites is 1. The van der Waals surface area contributed by atoms with Gasteiger partial charge in [-0.3, -0.25) is 0 Å². The van der Waals surface area contributed by atoms with E-state index in [1.807, 2.05) is 0 Å². The maximum absolute atomic E-state index is 6.58. The summed E-state index contributed by atoms with van der Waals surface area (Å²) < 4.78 is 6.58. The number of anilines is 3. The van der Waals surface area contributed by atoms with Gasteiger partial charge in [0.2, 0.25) is 0 Å². The highest BCUT2D eigenvalue weighted by Gasteiger charge is 2.46. The van der Waals surface area contributed by atoms with E-state index in [0.717, 1.165) is 28.6 Å². The predicted molar refractivity (Wildman–Crippen MR) is 235 cm³/mol.